The van der Waals surface area contributed by atoms with Crippen molar-refractivity contribution >= 4 is 6.03 Å². The highest BCUT2D eigenvalue weighted by atomic mass is 19.1. The molecule has 2 N–H and O–H groups in total. The fourth-order valence-corrected chi connectivity index (χ4v) is 3.92. The van der Waals surface area contributed by atoms with Crippen LogP contribution < -0.4 is 5.32 Å². The minimum Gasteiger partial charge on any atom is -0.347 e. The van der Waals surface area contributed by atoms with Gasteiger partial charge in [0.25, 0.3) is 0 Å². The van der Waals surface area contributed by atoms with Crippen LogP contribution in [0.1, 0.15) is 35.8 Å². The number of imidazole rings is 1. The molecule has 6 nitrogen and oxygen atoms in total. The van der Waals surface area contributed by atoms with Gasteiger partial charge in [0.05, 0.1) is 30.3 Å². The lowest BCUT2D eigenvalue weighted by Gasteiger charge is -2.31. The third kappa shape index (κ3) is 3.44. The quantitative estimate of drug-likeness (QED) is 0.883. The first-order chi connectivity index (χ1) is 12.7. The van der Waals surface area contributed by atoms with Gasteiger partial charge in [-0.1, -0.05) is 18.2 Å². The van der Waals surface area contributed by atoms with Crippen molar-refractivity contribution in [1.82, 2.24) is 25.1 Å². The third-order valence-electron chi connectivity index (χ3n) is 5.35. The zero-order valence-corrected chi connectivity index (χ0v) is 14.7. The summed E-state index contributed by atoms with van der Waals surface area (Å²) in [6, 6.07) is 6.63. The van der Waals surface area contributed by atoms with Gasteiger partial charge in [0, 0.05) is 25.1 Å². The zero-order valence-electron chi connectivity index (χ0n) is 14.7. The molecule has 7 heteroatoms. The lowest BCUT2D eigenvalue weighted by atomic mass is 10.0. The predicted molar refractivity (Wildman–Crippen MR) is 96.0 cm³/mol. The molecule has 1 fully saturated rings. The summed E-state index contributed by atoms with van der Waals surface area (Å²) >= 11 is 0. The number of amides is 2. The van der Waals surface area contributed by atoms with Crippen LogP contribution in [0.2, 0.25) is 0 Å². The Morgan fingerprint density at radius 3 is 2.88 bits per heavy atom. The van der Waals surface area contributed by atoms with Crippen LogP contribution in [0.15, 0.2) is 30.6 Å². The number of carbonyl (C=O) groups is 1. The molecule has 1 atom stereocenters. The number of hydrogen-bond acceptors (Lipinski definition) is 3. The molecule has 138 valence electrons. The van der Waals surface area contributed by atoms with E-state index < -0.39 is 0 Å². The van der Waals surface area contributed by atoms with E-state index in [4.69, 9.17) is 0 Å². The number of benzene rings is 1. The Labute approximate surface area is 152 Å². The first-order valence-corrected chi connectivity index (χ1v) is 9.25. The second-order valence-electron chi connectivity index (χ2n) is 6.97. The number of halogens is 1. The predicted octanol–water partition coefficient (Wildman–Crippen LogP) is 2.45. The molecule has 2 aliphatic rings. The standard InChI is InChI=1S/C19H24FN5O/c20-15-6-2-1-5-14(15)18(24-8-3-4-9-24)11-21-19(26)25-10-7-16-17(12-25)23-13-22-16/h1-2,5-6,13,18H,3-4,7-12H2,(H,21,26)(H,22,23). The monoisotopic (exact) mass is 357 g/mol. The van der Waals surface area contributed by atoms with E-state index >= 15 is 0 Å². The van der Waals surface area contributed by atoms with Crippen molar-refractivity contribution in [3.8, 4) is 0 Å². The van der Waals surface area contributed by atoms with Gasteiger partial charge in [0.1, 0.15) is 5.82 Å². The highest BCUT2D eigenvalue weighted by molar-refractivity contribution is 5.74. The normalized spacial score (nSPS) is 18.6. The lowest BCUT2D eigenvalue weighted by molar-refractivity contribution is 0.181. The minimum absolute atomic E-state index is 0.106. The van der Waals surface area contributed by atoms with Gasteiger partial charge in [-0.25, -0.2) is 14.2 Å². The van der Waals surface area contributed by atoms with E-state index in [1.54, 1.807) is 17.3 Å². The maximum absolute atomic E-state index is 14.3. The van der Waals surface area contributed by atoms with E-state index in [0.29, 0.717) is 25.2 Å². The van der Waals surface area contributed by atoms with Crippen LogP contribution >= 0.6 is 0 Å². The Morgan fingerprint density at radius 2 is 2.08 bits per heavy atom. The van der Waals surface area contributed by atoms with Crippen molar-refractivity contribution in [2.75, 3.05) is 26.2 Å². The molecule has 2 amide bonds. The molecule has 1 unspecified atom stereocenters. The van der Waals surface area contributed by atoms with E-state index in [2.05, 4.69) is 20.2 Å². The number of H-pyrrole nitrogens is 1. The Kier molecular flexibility index (Phi) is 4.88. The molecule has 4 rings (SSSR count). The summed E-state index contributed by atoms with van der Waals surface area (Å²) in [6.07, 6.45) is 4.67. The molecule has 0 saturated carbocycles. The summed E-state index contributed by atoms with van der Waals surface area (Å²) in [5.74, 6) is -0.210. The molecule has 3 heterocycles. The minimum atomic E-state index is -0.210. The van der Waals surface area contributed by atoms with E-state index in [9.17, 15) is 9.18 Å². The van der Waals surface area contributed by atoms with Crippen LogP contribution in [0.25, 0.3) is 0 Å². The van der Waals surface area contributed by atoms with Crippen molar-refractivity contribution in [3.05, 3.63) is 53.4 Å². The Hall–Kier alpha value is -2.41. The molecule has 0 aliphatic carbocycles. The largest absolute Gasteiger partial charge is 0.347 e. The molecule has 0 spiro atoms. The maximum atomic E-state index is 14.3. The van der Waals surface area contributed by atoms with Crippen molar-refractivity contribution in [2.24, 2.45) is 0 Å². The van der Waals surface area contributed by atoms with Crippen molar-refractivity contribution in [2.45, 2.75) is 31.8 Å². The van der Waals surface area contributed by atoms with Gasteiger partial charge in [-0.05, 0) is 32.0 Å². The average molecular weight is 357 g/mol. The molecule has 0 radical (unpaired) electrons. The number of nitrogens with one attached hydrogen (secondary N) is 2. The molecular weight excluding hydrogens is 333 g/mol. The number of likely N-dealkylation sites (tertiary alicyclic amines) is 1. The van der Waals surface area contributed by atoms with E-state index in [0.717, 1.165) is 43.7 Å². The number of carbonyl (C=O) groups excluding carboxylic acids is 1. The smallest absolute Gasteiger partial charge is 0.317 e. The van der Waals surface area contributed by atoms with E-state index in [1.165, 1.54) is 6.07 Å². The summed E-state index contributed by atoms with van der Waals surface area (Å²) < 4.78 is 14.3. The van der Waals surface area contributed by atoms with Gasteiger partial charge in [-0.15, -0.1) is 0 Å². The van der Waals surface area contributed by atoms with Crippen LogP contribution in [0.3, 0.4) is 0 Å². The van der Waals surface area contributed by atoms with Crippen LogP contribution in [-0.2, 0) is 13.0 Å². The maximum Gasteiger partial charge on any atom is 0.317 e. The Bertz CT molecular complexity index is 771. The molecule has 1 saturated heterocycles. The molecule has 0 bridgehead atoms. The van der Waals surface area contributed by atoms with Gasteiger partial charge in [0.2, 0.25) is 0 Å². The van der Waals surface area contributed by atoms with Gasteiger partial charge >= 0.3 is 6.03 Å². The Morgan fingerprint density at radius 1 is 1.27 bits per heavy atom. The molecule has 1 aromatic carbocycles. The third-order valence-corrected chi connectivity index (χ3v) is 5.35. The number of nitrogens with zero attached hydrogens (tertiary/aromatic N) is 3. The van der Waals surface area contributed by atoms with Crippen LogP contribution in [0.5, 0.6) is 0 Å². The summed E-state index contributed by atoms with van der Waals surface area (Å²) in [4.78, 5) is 24.0. The van der Waals surface area contributed by atoms with Crippen LogP contribution in [0, 0.1) is 5.82 Å². The molecule has 2 aromatic rings. The SMILES string of the molecule is O=C(NCC(c1ccccc1F)N1CCCC1)N1CCc2nc[nH]c2C1. The Balaban J connectivity index is 1.43. The summed E-state index contributed by atoms with van der Waals surface area (Å²) in [5, 5.41) is 3.02. The van der Waals surface area contributed by atoms with Crippen LogP contribution in [-0.4, -0.2) is 52.0 Å². The first kappa shape index (κ1) is 17.0. The second kappa shape index (κ2) is 7.45. The fourth-order valence-electron chi connectivity index (χ4n) is 3.92. The van der Waals surface area contributed by atoms with Crippen molar-refractivity contribution in [1.29, 1.82) is 0 Å². The van der Waals surface area contributed by atoms with Gasteiger partial charge in [-0.3, -0.25) is 4.90 Å². The highest BCUT2D eigenvalue weighted by Gasteiger charge is 2.28. The molecular formula is C19H24FN5O. The van der Waals surface area contributed by atoms with E-state index in [-0.39, 0.29) is 17.9 Å². The topological polar surface area (TPSA) is 64.3 Å². The van der Waals surface area contributed by atoms with Crippen molar-refractivity contribution in [3.63, 3.8) is 0 Å². The number of aromatic nitrogens is 2. The number of hydrogen-bond donors (Lipinski definition) is 2. The summed E-state index contributed by atoms with van der Waals surface area (Å²) in [7, 11) is 0. The summed E-state index contributed by atoms with van der Waals surface area (Å²) in [6.45, 7) is 3.48. The number of fused-ring (bicyclic) bond motifs is 1. The first-order valence-electron chi connectivity index (χ1n) is 9.25. The van der Waals surface area contributed by atoms with Crippen LogP contribution in [0.4, 0.5) is 9.18 Å². The van der Waals surface area contributed by atoms with Crippen molar-refractivity contribution < 1.29 is 9.18 Å². The average Bonchev–Trinajstić information content (AvgIpc) is 3.34. The van der Waals surface area contributed by atoms with Gasteiger partial charge < -0.3 is 15.2 Å². The fraction of sp³-hybridized carbons (Fsp3) is 0.474. The number of urea groups is 1. The number of aromatic amines is 1. The molecule has 26 heavy (non-hydrogen) atoms. The van der Waals surface area contributed by atoms with Gasteiger partial charge in [-0.2, -0.15) is 0 Å². The number of rotatable bonds is 4. The summed E-state index contributed by atoms with van der Waals surface area (Å²) in [5.41, 5.74) is 2.69. The zero-order chi connectivity index (χ0) is 17.9. The van der Waals surface area contributed by atoms with E-state index in [1.807, 2.05) is 12.1 Å². The molecule has 1 aromatic heterocycles. The second-order valence-corrected chi connectivity index (χ2v) is 6.97. The highest BCUT2D eigenvalue weighted by Crippen LogP contribution is 2.26. The van der Waals surface area contributed by atoms with Gasteiger partial charge in [0.15, 0.2) is 0 Å². The lowest BCUT2D eigenvalue weighted by Crippen LogP contribution is -2.45. The molecule has 2 aliphatic heterocycles.